The summed E-state index contributed by atoms with van der Waals surface area (Å²) in [6, 6.07) is 8.84. The second kappa shape index (κ2) is 14.7. The number of amides is 2. The van der Waals surface area contributed by atoms with Crippen LogP contribution >= 0.6 is 0 Å². The van der Waals surface area contributed by atoms with Crippen LogP contribution in [0.15, 0.2) is 42.5 Å². The highest BCUT2D eigenvalue weighted by Crippen LogP contribution is 2.39. The number of ether oxygens (including phenoxy) is 2. The highest BCUT2D eigenvalue weighted by molar-refractivity contribution is 7.89. The van der Waals surface area contributed by atoms with E-state index in [4.69, 9.17) is 9.47 Å². The first kappa shape index (κ1) is 34.2. The SMILES string of the molecule is COC(=O)N[C@H](C(=O)Nc1cccc(F)c1CC[C@H]1CN[C@@H]2CCCS(=O)(=O)N1C2)C(c1ccc(F)cc1)[C@H]1C[C@@H](C)O[C@@H](C)C1. The molecule has 5 rings (SSSR count). The monoisotopic (exact) mass is 662 g/mol. The predicted molar refractivity (Wildman–Crippen MR) is 170 cm³/mol. The van der Waals surface area contributed by atoms with Gasteiger partial charge in [-0.25, -0.2) is 22.0 Å². The summed E-state index contributed by atoms with van der Waals surface area (Å²) >= 11 is 0. The number of carbonyl (C=O) groups is 2. The summed E-state index contributed by atoms with van der Waals surface area (Å²) in [5.41, 5.74) is 1.13. The normalized spacial score (nSPS) is 28.7. The molecule has 0 aliphatic carbocycles. The van der Waals surface area contributed by atoms with Crippen LogP contribution in [0, 0.1) is 17.6 Å². The van der Waals surface area contributed by atoms with Crippen molar-refractivity contribution in [1.82, 2.24) is 14.9 Å². The number of hydrogen-bond donors (Lipinski definition) is 3. The van der Waals surface area contributed by atoms with Crippen molar-refractivity contribution in [2.24, 2.45) is 5.92 Å². The van der Waals surface area contributed by atoms with Crippen molar-refractivity contribution in [3.63, 3.8) is 0 Å². The van der Waals surface area contributed by atoms with Crippen LogP contribution in [0.3, 0.4) is 0 Å². The summed E-state index contributed by atoms with van der Waals surface area (Å²) in [7, 11) is -2.22. The minimum absolute atomic E-state index is 0.0944. The molecule has 2 unspecified atom stereocenters. The molecular weight excluding hydrogens is 618 g/mol. The lowest BCUT2D eigenvalue weighted by atomic mass is 9.74. The summed E-state index contributed by atoms with van der Waals surface area (Å²) in [5.74, 6) is -2.16. The van der Waals surface area contributed by atoms with Gasteiger partial charge in [0.05, 0.1) is 25.1 Å². The zero-order chi connectivity index (χ0) is 33.0. The Morgan fingerprint density at radius 2 is 1.83 bits per heavy atom. The molecule has 2 aromatic rings. The van der Waals surface area contributed by atoms with E-state index in [1.807, 2.05) is 13.8 Å². The molecule has 3 N–H and O–H groups in total. The van der Waals surface area contributed by atoms with Crippen molar-refractivity contribution in [2.75, 3.05) is 31.3 Å². The first-order chi connectivity index (χ1) is 21.9. The summed E-state index contributed by atoms with van der Waals surface area (Å²) in [4.78, 5) is 26.8. The van der Waals surface area contributed by atoms with E-state index in [9.17, 15) is 22.4 Å². The lowest BCUT2D eigenvalue weighted by Crippen LogP contribution is -2.57. The van der Waals surface area contributed by atoms with Gasteiger partial charge in [0.25, 0.3) is 0 Å². The van der Waals surface area contributed by atoms with Crippen molar-refractivity contribution < 1.29 is 36.3 Å². The van der Waals surface area contributed by atoms with Crippen LogP contribution < -0.4 is 16.0 Å². The number of halogens is 2. The minimum Gasteiger partial charge on any atom is -0.453 e. The number of fused-ring (bicyclic) bond motifs is 2. The zero-order valence-electron chi connectivity index (χ0n) is 26.5. The van der Waals surface area contributed by atoms with Crippen molar-refractivity contribution in [3.8, 4) is 0 Å². The Balaban J connectivity index is 1.42. The molecule has 3 heterocycles. The van der Waals surface area contributed by atoms with E-state index in [-0.39, 0.29) is 53.6 Å². The molecule has 2 bridgehead atoms. The second-order valence-corrected chi connectivity index (χ2v) is 14.8. The number of sulfonamides is 1. The van der Waals surface area contributed by atoms with Crippen LogP contribution in [-0.2, 0) is 30.7 Å². The predicted octanol–water partition coefficient (Wildman–Crippen LogP) is 4.31. The molecule has 3 saturated heterocycles. The molecule has 13 heteroatoms. The van der Waals surface area contributed by atoms with Gasteiger partial charge in [0, 0.05) is 42.3 Å². The quantitative estimate of drug-likeness (QED) is 0.366. The maximum absolute atomic E-state index is 15.4. The first-order valence-electron chi connectivity index (χ1n) is 16.0. The third kappa shape index (κ3) is 8.04. The maximum atomic E-state index is 15.4. The Bertz CT molecular complexity index is 1480. The van der Waals surface area contributed by atoms with E-state index in [0.717, 1.165) is 6.42 Å². The standard InChI is InChI=1S/C33H44F2N4O6S/c1-20-16-23(17-21(2)45-20)30(22-9-11-24(34)12-10-22)31(38-33(41)44-3)32(40)37-29-8-4-7-28(35)27(29)14-13-26-18-36-25-6-5-15-46(42,43)39(26)19-25/h4,7-12,20-21,23,25-26,30-31,36H,5-6,13-19H2,1-3H3,(H,37,40)(H,38,41)/t20-,21+,23+,25-,26+,30?,31+/m1/s1. The first-order valence-corrected chi connectivity index (χ1v) is 17.6. The number of piperazine rings is 1. The van der Waals surface area contributed by atoms with Crippen LogP contribution in [0.4, 0.5) is 19.3 Å². The van der Waals surface area contributed by atoms with Gasteiger partial charge in [0.1, 0.15) is 17.7 Å². The van der Waals surface area contributed by atoms with E-state index in [0.29, 0.717) is 44.3 Å². The molecule has 2 aromatic carbocycles. The van der Waals surface area contributed by atoms with E-state index < -0.39 is 45.6 Å². The summed E-state index contributed by atoms with van der Waals surface area (Å²) in [6.07, 6.45) is 2.08. The number of rotatable bonds is 9. The van der Waals surface area contributed by atoms with Crippen LogP contribution in [0.5, 0.6) is 0 Å². The second-order valence-electron chi connectivity index (χ2n) is 12.8. The maximum Gasteiger partial charge on any atom is 0.407 e. The Kier molecular flexibility index (Phi) is 11.0. The van der Waals surface area contributed by atoms with Crippen molar-refractivity contribution in [1.29, 1.82) is 0 Å². The molecule has 252 valence electrons. The smallest absolute Gasteiger partial charge is 0.407 e. The Morgan fingerprint density at radius 3 is 2.52 bits per heavy atom. The fourth-order valence-electron chi connectivity index (χ4n) is 7.37. The van der Waals surface area contributed by atoms with Gasteiger partial charge < -0.3 is 25.4 Å². The van der Waals surface area contributed by atoms with Crippen LogP contribution in [-0.4, -0.2) is 81.0 Å². The highest BCUT2D eigenvalue weighted by Gasteiger charge is 2.41. The Labute approximate surface area is 269 Å². The van der Waals surface area contributed by atoms with Gasteiger partial charge >= 0.3 is 6.09 Å². The van der Waals surface area contributed by atoms with Crippen molar-refractivity contribution in [2.45, 2.75) is 88.6 Å². The van der Waals surface area contributed by atoms with Gasteiger partial charge in [0.15, 0.2) is 0 Å². The molecule has 3 aliphatic rings. The molecule has 3 fully saturated rings. The lowest BCUT2D eigenvalue weighted by Gasteiger charge is -2.40. The van der Waals surface area contributed by atoms with Gasteiger partial charge in [-0.3, -0.25) is 4.79 Å². The van der Waals surface area contributed by atoms with Gasteiger partial charge in [-0.2, -0.15) is 4.31 Å². The molecule has 8 atom stereocenters. The topological polar surface area (TPSA) is 126 Å². The largest absolute Gasteiger partial charge is 0.453 e. The van der Waals surface area contributed by atoms with Crippen molar-refractivity contribution >= 4 is 27.7 Å². The average molecular weight is 663 g/mol. The van der Waals surface area contributed by atoms with E-state index in [1.165, 1.54) is 31.4 Å². The molecule has 0 aromatic heterocycles. The fraction of sp³-hybridized carbons (Fsp3) is 0.576. The summed E-state index contributed by atoms with van der Waals surface area (Å²) in [5, 5.41) is 8.99. The van der Waals surface area contributed by atoms with Gasteiger partial charge in [0.2, 0.25) is 15.9 Å². The molecule has 2 amide bonds. The van der Waals surface area contributed by atoms with Crippen LogP contribution in [0.1, 0.15) is 63.0 Å². The summed E-state index contributed by atoms with van der Waals surface area (Å²) in [6.45, 7) is 4.76. The number of hydrogen-bond acceptors (Lipinski definition) is 7. The van der Waals surface area contributed by atoms with E-state index >= 15 is 4.39 Å². The highest BCUT2D eigenvalue weighted by atomic mass is 32.2. The third-order valence-corrected chi connectivity index (χ3v) is 11.4. The molecule has 0 radical (unpaired) electrons. The number of carbonyl (C=O) groups excluding carboxylic acids is 2. The molecule has 10 nitrogen and oxygen atoms in total. The van der Waals surface area contributed by atoms with Crippen LogP contribution in [0.2, 0.25) is 0 Å². The van der Waals surface area contributed by atoms with Gasteiger partial charge in [-0.15, -0.1) is 0 Å². The van der Waals surface area contributed by atoms with Crippen LogP contribution in [0.25, 0.3) is 0 Å². The number of alkyl carbamates (subject to hydrolysis) is 1. The molecule has 0 spiro atoms. The van der Waals surface area contributed by atoms with E-state index in [2.05, 4.69) is 16.0 Å². The number of methoxy groups -OCH3 is 1. The molecule has 3 aliphatic heterocycles. The van der Waals surface area contributed by atoms with Crippen molar-refractivity contribution in [3.05, 3.63) is 65.2 Å². The number of nitrogens with one attached hydrogen (secondary N) is 3. The zero-order valence-corrected chi connectivity index (χ0v) is 27.3. The molecular formula is C33H44F2N4O6S. The number of benzene rings is 2. The van der Waals surface area contributed by atoms with Gasteiger partial charge in [-0.1, -0.05) is 18.2 Å². The Morgan fingerprint density at radius 1 is 1.11 bits per heavy atom. The number of anilines is 1. The average Bonchev–Trinajstić information content (AvgIpc) is 3.12. The molecule has 0 saturated carbocycles. The van der Waals surface area contributed by atoms with Gasteiger partial charge in [-0.05, 0) is 88.1 Å². The molecule has 46 heavy (non-hydrogen) atoms. The lowest BCUT2D eigenvalue weighted by molar-refractivity contribution is -0.120. The minimum atomic E-state index is -3.42. The number of nitrogens with zero attached hydrogens (tertiary/aromatic N) is 1. The summed E-state index contributed by atoms with van der Waals surface area (Å²) < 4.78 is 67.7. The van der Waals surface area contributed by atoms with E-state index in [1.54, 1.807) is 22.5 Å². The third-order valence-electron chi connectivity index (χ3n) is 9.46. The fourth-order valence-corrected chi connectivity index (χ4v) is 9.18. The Hall–Kier alpha value is -3.13.